The Bertz CT molecular complexity index is 844. The van der Waals surface area contributed by atoms with E-state index in [4.69, 9.17) is 9.47 Å². The number of anilines is 2. The summed E-state index contributed by atoms with van der Waals surface area (Å²) in [6, 6.07) is 7.06. The fourth-order valence-electron chi connectivity index (χ4n) is 2.36. The molecule has 138 valence electrons. The van der Waals surface area contributed by atoms with Gasteiger partial charge in [0.25, 0.3) is 5.91 Å². The number of amides is 2. The van der Waals surface area contributed by atoms with Crippen molar-refractivity contribution in [3.05, 3.63) is 40.3 Å². The second-order valence-electron chi connectivity index (χ2n) is 5.32. The number of carbonyl (C=O) groups is 3. The Hall–Kier alpha value is -2.87. The number of hydrogen-bond donors (Lipinski definition) is 2. The minimum Gasteiger partial charge on any atom is -0.492 e. The molecular formula is C18H20N2O5S. The van der Waals surface area contributed by atoms with E-state index in [0.717, 1.165) is 11.3 Å². The molecule has 2 rings (SSSR count). The standard InChI is InChI=1S/C18H20N2O5S/c1-5-25-13-9-7-6-8-12(13)20-16(22)15-10(2)14(18(23)24-4)17(26-15)19-11(3)21/h6-9H,5H2,1-4H3,(H,19,21)(H,20,22). The van der Waals surface area contributed by atoms with Crippen LogP contribution in [0.3, 0.4) is 0 Å². The number of benzene rings is 1. The molecule has 1 aromatic carbocycles. The van der Waals surface area contributed by atoms with Gasteiger partial charge in [-0.2, -0.15) is 0 Å². The van der Waals surface area contributed by atoms with Gasteiger partial charge >= 0.3 is 5.97 Å². The summed E-state index contributed by atoms with van der Waals surface area (Å²) in [7, 11) is 1.25. The Balaban J connectivity index is 2.39. The van der Waals surface area contributed by atoms with Crippen molar-refractivity contribution in [3.8, 4) is 5.75 Å². The summed E-state index contributed by atoms with van der Waals surface area (Å²) < 4.78 is 10.3. The molecule has 0 saturated heterocycles. The van der Waals surface area contributed by atoms with Crippen LogP contribution in [0.25, 0.3) is 0 Å². The highest BCUT2D eigenvalue weighted by Gasteiger charge is 2.26. The van der Waals surface area contributed by atoms with Crippen LogP contribution in [0.1, 0.15) is 39.4 Å². The number of thiophene rings is 1. The largest absolute Gasteiger partial charge is 0.492 e. The second-order valence-corrected chi connectivity index (χ2v) is 6.34. The zero-order valence-electron chi connectivity index (χ0n) is 15.0. The first kappa shape index (κ1) is 19.5. The molecule has 0 spiro atoms. The van der Waals surface area contributed by atoms with Crippen molar-refractivity contribution in [2.75, 3.05) is 24.4 Å². The third-order valence-corrected chi connectivity index (χ3v) is 4.67. The lowest BCUT2D eigenvalue weighted by atomic mass is 10.1. The Morgan fingerprint density at radius 3 is 2.46 bits per heavy atom. The minimum atomic E-state index is -0.615. The van der Waals surface area contributed by atoms with Crippen molar-refractivity contribution in [2.45, 2.75) is 20.8 Å². The molecule has 1 heterocycles. The van der Waals surface area contributed by atoms with Gasteiger partial charge in [0.15, 0.2) is 0 Å². The molecule has 2 aromatic rings. The molecule has 8 heteroatoms. The van der Waals surface area contributed by atoms with Gasteiger partial charge in [-0.3, -0.25) is 9.59 Å². The zero-order chi connectivity index (χ0) is 19.3. The highest BCUT2D eigenvalue weighted by atomic mass is 32.1. The lowest BCUT2D eigenvalue weighted by Crippen LogP contribution is -2.13. The molecule has 0 atom stereocenters. The van der Waals surface area contributed by atoms with Gasteiger partial charge in [0, 0.05) is 6.92 Å². The van der Waals surface area contributed by atoms with Crippen LogP contribution in [0.4, 0.5) is 10.7 Å². The predicted molar refractivity (Wildman–Crippen MR) is 100 cm³/mol. The van der Waals surface area contributed by atoms with Crippen molar-refractivity contribution in [1.82, 2.24) is 0 Å². The SMILES string of the molecule is CCOc1ccccc1NC(=O)c1sc(NC(C)=O)c(C(=O)OC)c1C. The smallest absolute Gasteiger partial charge is 0.341 e. The molecule has 0 aliphatic carbocycles. The van der Waals surface area contributed by atoms with Crippen LogP contribution in [0.5, 0.6) is 5.75 Å². The van der Waals surface area contributed by atoms with Gasteiger partial charge in [-0.25, -0.2) is 4.79 Å². The molecule has 0 saturated carbocycles. The summed E-state index contributed by atoms with van der Waals surface area (Å²) in [5.41, 5.74) is 1.14. The Morgan fingerprint density at radius 1 is 1.15 bits per heavy atom. The average Bonchev–Trinajstić information content (AvgIpc) is 2.91. The number of hydrogen-bond acceptors (Lipinski definition) is 6. The molecule has 0 aliphatic heterocycles. The molecule has 1 aromatic heterocycles. The molecule has 0 fully saturated rings. The number of nitrogens with one attached hydrogen (secondary N) is 2. The second kappa shape index (κ2) is 8.48. The molecule has 0 unspecified atom stereocenters. The summed E-state index contributed by atoms with van der Waals surface area (Å²) in [6.45, 7) is 5.28. The van der Waals surface area contributed by atoms with Crippen molar-refractivity contribution in [1.29, 1.82) is 0 Å². The lowest BCUT2D eigenvalue weighted by molar-refractivity contribution is -0.114. The molecule has 0 aliphatic rings. The molecule has 26 heavy (non-hydrogen) atoms. The summed E-state index contributed by atoms with van der Waals surface area (Å²) >= 11 is 1.02. The maximum absolute atomic E-state index is 12.7. The summed E-state index contributed by atoms with van der Waals surface area (Å²) in [6.07, 6.45) is 0. The first-order chi connectivity index (χ1) is 12.4. The minimum absolute atomic E-state index is 0.177. The Labute approximate surface area is 155 Å². The van der Waals surface area contributed by atoms with E-state index in [-0.39, 0.29) is 16.5 Å². The van der Waals surface area contributed by atoms with Gasteiger partial charge in [0.2, 0.25) is 5.91 Å². The van der Waals surface area contributed by atoms with Crippen LogP contribution in [0.2, 0.25) is 0 Å². The summed E-state index contributed by atoms with van der Waals surface area (Å²) in [5, 5.41) is 5.64. The van der Waals surface area contributed by atoms with E-state index in [1.54, 1.807) is 31.2 Å². The zero-order valence-corrected chi connectivity index (χ0v) is 15.8. The van der Waals surface area contributed by atoms with Crippen LogP contribution in [0, 0.1) is 6.92 Å². The van der Waals surface area contributed by atoms with Gasteiger partial charge < -0.3 is 20.1 Å². The van der Waals surface area contributed by atoms with E-state index in [1.165, 1.54) is 14.0 Å². The maximum Gasteiger partial charge on any atom is 0.341 e. The molecule has 7 nitrogen and oxygen atoms in total. The van der Waals surface area contributed by atoms with Crippen LogP contribution < -0.4 is 15.4 Å². The fourth-order valence-corrected chi connectivity index (χ4v) is 3.49. The number of esters is 1. The first-order valence-corrected chi connectivity index (χ1v) is 8.73. The van der Waals surface area contributed by atoms with Gasteiger partial charge in [0.1, 0.15) is 10.8 Å². The average molecular weight is 376 g/mol. The fraction of sp³-hybridized carbons (Fsp3) is 0.278. The van der Waals surface area contributed by atoms with Crippen LogP contribution in [0.15, 0.2) is 24.3 Å². The normalized spacial score (nSPS) is 10.2. The Kier molecular flexibility index (Phi) is 6.35. The number of carbonyl (C=O) groups excluding carboxylic acids is 3. The number of methoxy groups -OCH3 is 1. The third kappa shape index (κ3) is 4.20. The number of ether oxygens (including phenoxy) is 2. The lowest BCUT2D eigenvalue weighted by Gasteiger charge is -2.11. The van der Waals surface area contributed by atoms with Crippen LogP contribution in [-0.2, 0) is 9.53 Å². The topological polar surface area (TPSA) is 93.7 Å². The predicted octanol–water partition coefficient (Wildman–Crippen LogP) is 3.45. The number of para-hydroxylation sites is 2. The van der Waals surface area contributed by atoms with Crippen molar-refractivity contribution in [3.63, 3.8) is 0 Å². The van der Waals surface area contributed by atoms with Gasteiger partial charge in [-0.05, 0) is 31.5 Å². The van der Waals surface area contributed by atoms with Gasteiger partial charge in [0.05, 0.1) is 29.8 Å². The quantitative estimate of drug-likeness (QED) is 0.753. The van der Waals surface area contributed by atoms with Crippen molar-refractivity contribution < 1.29 is 23.9 Å². The van der Waals surface area contributed by atoms with Crippen molar-refractivity contribution >= 4 is 39.8 Å². The molecule has 2 N–H and O–H groups in total. The van der Waals surface area contributed by atoms with Gasteiger partial charge in [-0.1, -0.05) is 12.1 Å². The molecular weight excluding hydrogens is 356 g/mol. The van der Waals surface area contributed by atoms with Crippen LogP contribution >= 0.6 is 11.3 Å². The van der Waals surface area contributed by atoms with E-state index in [0.29, 0.717) is 28.5 Å². The van der Waals surface area contributed by atoms with E-state index in [2.05, 4.69) is 10.6 Å². The maximum atomic E-state index is 12.7. The molecule has 0 radical (unpaired) electrons. The third-order valence-electron chi connectivity index (χ3n) is 3.47. The highest BCUT2D eigenvalue weighted by Crippen LogP contribution is 2.35. The Morgan fingerprint density at radius 2 is 1.85 bits per heavy atom. The monoisotopic (exact) mass is 376 g/mol. The van der Waals surface area contributed by atoms with Crippen LogP contribution in [-0.4, -0.2) is 31.5 Å². The van der Waals surface area contributed by atoms with E-state index < -0.39 is 11.9 Å². The van der Waals surface area contributed by atoms with Gasteiger partial charge in [-0.15, -0.1) is 11.3 Å². The highest BCUT2D eigenvalue weighted by molar-refractivity contribution is 7.18. The first-order valence-electron chi connectivity index (χ1n) is 7.91. The summed E-state index contributed by atoms with van der Waals surface area (Å²) in [5.74, 6) is -0.810. The van der Waals surface area contributed by atoms with E-state index in [9.17, 15) is 14.4 Å². The van der Waals surface area contributed by atoms with E-state index >= 15 is 0 Å². The van der Waals surface area contributed by atoms with Crippen molar-refractivity contribution in [2.24, 2.45) is 0 Å². The molecule has 2 amide bonds. The number of rotatable bonds is 6. The summed E-state index contributed by atoms with van der Waals surface area (Å²) in [4.78, 5) is 36.5. The van der Waals surface area contributed by atoms with E-state index in [1.807, 2.05) is 6.92 Å². The molecule has 0 bridgehead atoms.